The highest BCUT2D eigenvalue weighted by molar-refractivity contribution is 5.40. The number of likely N-dealkylation sites (tertiary alicyclic amines) is 1. The largest absolute Gasteiger partial charge is 0.291 e. The highest BCUT2D eigenvalue weighted by Crippen LogP contribution is 2.24. The molecule has 1 fully saturated rings. The average Bonchev–Trinajstić information content (AvgIpc) is 2.74. The molecule has 1 aliphatic carbocycles. The minimum Gasteiger partial charge on any atom is -0.291 e. The molecule has 2 rings (SSSR count). The molecule has 0 unspecified atom stereocenters. The monoisotopic (exact) mass is 241 g/mol. The fourth-order valence-corrected chi connectivity index (χ4v) is 2.64. The summed E-state index contributed by atoms with van der Waals surface area (Å²) in [4.78, 5) is 2.51. The molecule has 0 N–H and O–H groups in total. The van der Waals surface area contributed by atoms with Crippen molar-refractivity contribution >= 4 is 0 Å². The van der Waals surface area contributed by atoms with E-state index in [1.54, 1.807) is 0 Å². The van der Waals surface area contributed by atoms with Crippen LogP contribution in [0.15, 0.2) is 59.8 Å². The SMILES string of the molecule is C=C/C=C1/CN(CC2=CCCC=C2)C/C1=C/CC. The topological polar surface area (TPSA) is 3.24 Å². The minimum absolute atomic E-state index is 1.06. The van der Waals surface area contributed by atoms with Crippen LogP contribution < -0.4 is 0 Å². The molecular weight excluding hydrogens is 218 g/mol. The van der Waals surface area contributed by atoms with Crippen LogP contribution in [0.3, 0.4) is 0 Å². The van der Waals surface area contributed by atoms with Gasteiger partial charge in [-0.1, -0.05) is 50.0 Å². The molecular formula is C17H23N. The zero-order valence-corrected chi connectivity index (χ0v) is 11.4. The molecule has 0 aromatic heterocycles. The zero-order valence-electron chi connectivity index (χ0n) is 11.4. The van der Waals surface area contributed by atoms with Crippen molar-refractivity contribution in [1.29, 1.82) is 0 Å². The van der Waals surface area contributed by atoms with Crippen LogP contribution in [-0.2, 0) is 0 Å². The molecule has 0 spiro atoms. The first kappa shape index (κ1) is 13.1. The van der Waals surface area contributed by atoms with Gasteiger partial charge in [0.25, 0.3) is 0 Å². The number of hydrogen-bond donors (Lipinski definition) is 0. The van der Waals surface area contributed by atoms with E-state index < -0.39 is 0 Å². The van der Waals surface area contributed by atoms with Crippen molar-refractivity contribution in [1.82, 2.24) is 4.90 Å². The van der Waals surface area contributed by atoms with Crippen molar-refractivity contribution in [2.45, 2.75) is 26.2 Å². The number of nitrogens with zero attached hydrogens (tertiary/aromatic N) is 1. The minimum atomic E-state index is 1.06. The lowest BCUT2D eigenvalue weighted by Crippen LogP contribution is -2.22. The fourth-order valence-electron chi connectivity index (χ4n) is 2.64. The predicted octanol–water partition coefficient (Wildman–Crippen LogP) is 4.03. The lowest BCUT2D eigenvalue weighted by atomic mass is 10.1. The fraction of sp³-hybridized carbons (Fsp3) is 0.412. The maximum Gasteiger partial charge on any atom is 0.0243 e. The Labute approximate surface area is 111 Å². The van der Waals surface area contributed by atoms with E-state index in [1.807, 2.05) is 6.08 Å². The first-order valence-electron chi connectivity index (χ1n) is 6.92. The number of hydrogen-bond acceptors (Lipinski definition) is 1. The third-order valence-electron chi connectivity index (χ3n) is 3.45. The number of allylic oxidation sites excluding steroid dienone is 5. The van der Waals surface area contributed by atoms with Crippen LogP contribution in [0.25, 0.3) is 0 Å². The third-order valence-corrected chi connectivity index (χ3v) is 3.45. The van der Waals surface area contributed by atoms with Crippen LogP contribution in [0, 0.1) is 0 Å². The van der Waals surface area contributed by atoms with Crippen LogP contribution in [0.2, 0.25) is 0 Å². The van der Waals surface area contributed by atoms with Gasteiger partial charge >= 0.3 is 0 Å². The highest BCUT2D eigenvalue weighted by Gasteiger charge is 2.21. The van der Waals surface area contributed by atoms with Gasteiger partial charge in [-0.05, 0) is 36.0 Å². The Kier molecular flexibility index (Phi) is 4.77. The summed E-state index contributed by atoms with van der Waals surface area (Å²) in [5, 5.41) is 0. The molecule has 0 radical (unpaired) electrons. The highest BCUT2D eigenvalue weighted by atomic mass is 15.1. The zero-order chi connectivity index (χ0) is 12.8. The van der Waals surface area contributed by atoms with Crippen LogP contribution in [-0.4, -0.2) is 24.5 Å². The van der Waals surface area contributed by atoms with Crippen LogP contribution in [0.4, 0.5) is 0 Å². The lowest BCUT2D eigenvalue weighted by Gasteiger charge is -2.16. The average molecular weight is 241 g/mol. The Hall–Kier alpha value is -1.34. The van der Waals surface area contributed by atoms with Gasteiger partial charge < -0.3 is 0 Å². The van der Waals surface area contributed by atoms with Gasteiger partial charge in [0.2, 0.25) is 0 Å². The van der Waals surface area contributed by atoms with Gasteiger partial charge in [-0.2, -0.15) is 0 Å². The van der Waals surface area contributed by atoms with E-state index in [9.17, 15) is 0 Å². The quantitative estimate of drug-likeness (QED) is 0.718. The Balaban J connectivity index is 2.02. The van der Waals surface area contributed by atoms with E-state index >= 15 is 0 Å². The van der Waals surface area contributed by atoms with E-state index in [-0.39, 0.29) is 0 Å². The van der Waals surface area contributed by atoms with Gasteiger partial charge in [-0.3, -0.25) is 4.90 Å². The molecule has 0 aromatic rings. The molecule has 0 atom stereocenters. The molecule has 96 valence electrons. The van der Waals surface area contributed by atoms with Gasteiger partial charge in [-0.25, -0.2) is 0 Å². The lowest BCUT2D eigenvalue weighted by molar-refractivity contribution is 0.387. The van der Waals surface area contributed by atoms with Gasteiger partial charge in [0, 0.05) is 19.6 Å². The Morgan fingerprint density at radius 3 is 2.78 bits per heavy atom. The first-order chi connectivity index (χ1) is 8.83. The smallest absolute Gasteiger partial charge is 0.0243 e. The van der Waals surface area contributed by atoms with E-state index in [0.717, 1.165) is 26.1 Å². The molecule has 0 amide bonds. The second-order valence-electron chi connectivity index (χ2n) is 4.97. The van der Waals surface area contributed by atoms with Crippen molar-refractivity contribution in [3.63, 3.8) is 0 Å². The molecule has 0 aromatic carbocycles. The summed E-state index contributed by atoms with van der Waals surface area (Å²) in [6.07, 6.45) is 16.9. The van der Waals surface area contributed by atoms with Crippen LogP contribution in [0.1, 0.15) is 26.2 Å². The maximum atomic E-state index is 3.81. The summed E-state index contributed by atoms with van der Waals surface area (Å²) in [5.74, 6) is 0. The molecule has 1 heterocycles. The van der Waals surface area contributed by atoms with Crippen LogP contribution >= 0.6 is 0 Å². The third kappa shape index (κ3) is 3.33. The standard InChI is InChI=1S/C17H23N/c1-3-8-16-13-18(14-17(16)9-4-2)12-15-10-6-5-7-11-15/h3,6,8-11H,1,4-5,7,12-14H2,2H3/b16-8-,17-9-. The molecule has 0 bridgehead atoms. The van der Waals surface area contributed by atoms with Crippen molar-refractivity contribution < 1.29 is 0 Å². The Morgan fingerprint density at radius 1 is 1.28 bits per heavy atom. The van der Waals surface area contributed by atoms with Crippen molar-refractivity contribution in [2.24, 2.45) is 0 Å². The predicted molar refractivity (Wildman–Crippen MR) is 79.6 cm³/mol. The molecule has 18 heavy (non-hydrogen) atoms. The van der Waals surface area contributed by atoms with E-state index in [2.05, 4.69) is 48.8 Å². The summed E-state index contributed by atoms with van der Waals surface area (Å²) in [6, 6.07) is 0. The van der Waals surface area contributed by atoms with Crippen molar-refractivity contribution in [3.8, 4) is 0 Å². The summed E-state index contributed by atoms with van der Waals surface area (Å²) < 4.78 is 0. The summed E-state index contributed by atoms with van der Waals surface area (Å²) in [7, 11) is 0. The molecule has 1 aliphatic heterocycles. The van der Waals surface area contributed by atoms with Gasteiger partial charge in [0.15, 0.2) is 0 Å². The van der Waals surface area contributed by atoms with Gasteiger partial charge in [0.05, 0.1) is 0 Å². The maximum absolute atomic E-state index is 3.81. The number of rotatable bonds is 4. The second kappa shape index (κ2) is 6.55. The van der Waals surface area contributed by atoms with Gasteiger partial charge in [0.1, 0.15) is 0 Å². The summed E-state index contributed by atoms with van der Waals surface area (Å²) >= 11 is 0. The van der Waals surface area contributed by atoms with Crippen molar-refractivity contribution in [2.75, 3.05) is 19.6 Å². The van der Waals surface area contributed by atoms with Crippen LogP contribution in [0.5, 0.6) is 0 Å². The summed E-state index contributed by atoms with van der Waals surface area (Å²) in [6.45, 7) is 9.23. The van der Waals surface area contributed by atoms with E-state index in [0.29, 0.717) is 0 Å². The van der Waals surface area contributed by atoms with Crippen molar-refractivity contribution in [3.05, 3.63) is 59.8 Å². The molecule has 1 saturated heterocycles. The normalized spacial score (nSPS) is 24.8. The van der Waals surface area contributed by atoms with E-state index in [1.165, 1.54) is 29.6 Å². The molecule has 1 nitrogen and oxygen atoms in total. The summed E-state index contributed by atoms with van der Waals surface area (Å²) in [5.41, 5.74) is 4.39. The van der Waals surface area contributed by atoms with Gasteiger partial charge in [-0.15, -0.1) is 0 Å². The second-order valence-corrected chi connectivity index (χ2v) is 4.97. The Bertz CT molecular complexity index is 421. The molecule has 0 saturated carbocycles. The molecule has 2 aliphatic rings. The molecule has 1 heteroatoms. The first-order valence-corrected chi connectivity index (χ1v) is 6.92. The Morgan fingerprint density at radius 2 is 2.11 bits per heavy atom. The van der Waals surface area contributed by atoms with E-state index in [4.69, 9.17) is 0 Å².